The van der Waals surface area contributed by atoms with Crippen LogP contribution in [0.25, 0.3) is 0 Å². The van der Waals surface area contributed by atoms with E-state index in [2.05, 4.69) is 21.2 Å². The van der Waals surface area contributed by atoms with Crippen LogP contribution in [0.3, 0.4) is 0 Å². The van der Waals surface area contributed by atoms with Crippen LogP contribution in [0.15, 0.2) is 30.3 Å². The Morgan fingerprint density at radius 1 is 1.38 bits per heavy atom. The Bertz CT molecular complexity index is 865. The standard InChI is InChI=1S/C20H23ClN4O/c1-13-8-17(23-22-13)18-10-15-12-24(11-14-4-2-5-16(21)9-14)19(26)20(15)6-3-7-25(18)20/h2,4-5,8-9,15,18H,3,6-7,10-12H2,1H3,(H,22,23)/t15-,18-,20-/m0/s1. The number of hydrogen-bond donors (Lipinski definition) is 1. The first-order valence-corrected chi connectivity index (χ1v) is 9.78. The fourth-order valence-corrected chi connectivity index (χ4v) is 5.67. The maximum absolute atomic E-state index is 13.5. The van der Waals surface area contributed by atoms with Gasteiger partial charge in [0.25, 0.3) is 0 Å². The topological polar surface area (TPSA) is 52.2 Å². The largest absolute Gasteiger partial charge is 0.336 e. The van der Waals surface area contributed by atoms with E-state index in [-0.39, 0.29) is 11.6 Å². The zero-order valence-electron chi connectivity index (χ0n) is 14.9. The molecule has 5 nitrogen and oxygen atoms in total. The second-order valence-corrected chi connectivity index (χ2v) is 8.40. The van der Waals surface area contributed by atoms with Gasteiger partial charge in [0.15, 0.2) is 0 Å². The predicted octanol–water partition coefficient (Wildman–Crippen LogP) is 3.31. The van der Waals surface area contributed by atoms with Crippen molar-refractivity contribution in [1.82, 2.24) is 20.0 Å². The summed E-state index contributed by atoms with van der Waals surface area (Å²) in [5.41, 5.74) is 2.97. The maximum Gasteiger partial charge on any atom is 0.243 e. The molecule has 136 valence electrons. The Labute approximate surface area is 158 Å². The Kier molecular flexibility index (Phi) is 3.66. The summed E-state index contributed by atoms with van der Waals surface area (Å²) in [5, 5.41) is 8.29. The summed E-state index contributed by atoms with van der Waals surface area (Å²) < 4.78 is 0. The molecule has 1 aromatic heterocycles. The van der Waals surface area contributed by atoms with Gasteiger partial charge < -0.3 is 4.90 Å². The fraction of sp³-hybridized carbons (Fsp3) is 0.500. The van der Waals surface area contributed by atoms with Gasteiger partial charge in [0.2, 0.25) is 5.91 Å². The third-order valence-electron chi connectivity index (χ3n) is 6.46. The van der Waals surface area contributed by atoms with Gasteiger partial charge in [-0.05, 0) is 56.5 Å². The number of likely N-dealkylation sites (tertiary alicyclic amines) is 1. The molecule has 3 aliphatic rings. The first kappa shape index (κ1) is 16.3. The average molecular weight is 371 g/mol. The van der Waals surface area contributed by atoms with Crippen LogP contribution < -0.4 is 0 Å². The molecule has 1 N–H and O–H groups in total. The van der Waals surface area contributed by atoms with Crippen LogP contribution in [0, 0.1) is 12.8 Å². The highest BCUT2D eigenvalue weighted by Crippen LogP contribution is 2.55. The van der Waals surface area contributed by atoms with Crippen LogP contribution in [-0.2, 0) is 11.3 Å². The number of aromatic amines is 1. The smallest absolute Gasteiger partial charge is 0.243 e. The minimum atomic E-state index is -0.309. The number of carbonyl (C=O) groups excluding carboxylic acids is 1. The summed E-state index contributed by atoms with van der Waals surface area (Å²) in [5.74, 6) is 0.688. The molecule has 2 aromatic rings. The van der Waals surface area contributed by atoms with Crippen LogP contribution in [-0.4, -0.2) is 44.5 Å². The van der Waals surface area contributed by atoms with Crippen LogP contribution in [0.2, 0.25) is 5.02 Å². The van der Waals surface area contributed by atoms with Crippen molar-refractivity contribution in [3.63, 3.8) is 0 Å². The molecule has 1 spiro atoms. The summed E-state index contributed by atoms with van der Waals surface area (Å²) in [4.78, 5) is 18.0. The second kappa shape index (κ2) is 5.83. The molecule has 0 saturated carbocycles. The van der Waals surface area contributed by atoms with E-state index in [9.17, 15) is 4.79 Å². The molecule has 0 bridgehead atoms. The average Bonchev–Trinajstić information content (AvgIpc) is 3.33. The molecule has 5 rings (SSSR count). The molecule has 26 heavy (non-hydrogen) atoms. The van der Waals surface area contributed by atoms with Gasteiger partial charge in [-0.25, -0.2) is 0 Å². The lowest BCUT2D eigenvalue weighted by Gasteiger charge is -2.33. The number of nitrogens with zero attached hydrogens (tertiary/aromatic N) is 3. The summed E-state index contributed by atoms with van der Waals surface area (Å²) >= 11 is 6.12. The molecule has 4 heterocycles. The van der Waals surface area contributed by atoms with Crippen molar-refractivity contribution in [1.29, 1.82) is 0 Å². The summed E-state index contributed by atoms with van der Waals surface area (Å²) in [6, 6.07) is 10.2. The number of aromatic nitrogens is 2. The molecule has 0 aliphatic carbocycles. The van der Waals surface area contributed by atoms with E-state index in [4.69, 9.17) is 11.6 Å². The van der Waals surface area contributed by atoms with Crippen LogP contribution in [0.1, 0.15) is 42.3 Å². The van der Waals surface area contributed by atoms with Crippen molar-refractivity contribution in [2.24, 2.45) is 5.92 Å². The monoisotopic (exact) mass is 370 g/mol. The zero-order chi connectivity index (χ0) is 17.9. The molecule has 0 unspecified atom stereocenters. The molecule has 3 aliphatic heterocycles. The number of nitrogens with one attached hydrogen (secondary N) is 1. The van der Waals surface area contributed by atoms with Crippen molar-refractivity contribution >= 4 is 17.5 Å². The van der Waals surface area contributed by atoms with Crippen molar-refractivity contribution < 1.29 is 4.79 Å². The van der Waals surface area contributed by atoms with E-state index in [0.717, 1.165) is 54.3 Å². The molecule has 3 fully saturated rings. The van der Waals surface area contributed by atoms with Gasteiger partial charge >= 0.3 is 0 Å². The van der Waals surface area contributed by atoms with Crippen LogP contribution in [0.4, 0.5) is 0 Å². The third-order valence-corrected chi connectivity index (χ3v) is 6.69. The molecular formula is C20H23ClN4O. The van der Waals surface area contributed by atoms with Gasteiger partial charge in [-0.2, -0.15) is 5.10 Å². The van der Waals surface area contributed by atoms with Crippen molar-refractivity contribution in [3.05, 3.63) is 52.3 Å². The highest BCUT2D eigenvalue weighted by atomic mass is 35.5. The van der Waals surface area contributed by atoms with E-state index in [0.29, 0.717) is 18.4 Å². The van der Waals surface area contributed by atoms with Crippen LogP contribution >= 0.6 is 11.6 Å². The minimum Gasteiger partial charge on any atom is -0.336 e. The number of amides is 1. The lowest BCUT2D eigenvalue weighted by Crippen LogP contribution is -2.49. The van der Waals surface area contributed by atoms with Crippen molar-refractivity contribution in [2.45, 2.75) is 44.3 Å². The number of halogens is 1. The number of benzene rings is 1. The van der Waals surface area contributed by atoms with Gasteiger partial charge in [0, 0.05) is 29.7 Å². The van der Waals surface area contributed by atoms with E-state index >= 15 is 0 Å². The van der Waals surface area contributed by atoms with Crippen molar-refractivity contribution in [3.8, 4) is 0 Å². The van der Waals surface area contributed by atoms with Crippen LogP contribution in [0.5, 0.6) is 0 Å². The number of aryl methyl sites for hydroxylation is 1. The third kappa shape index (κ3) is 2.26. The summed E-state index contributed by atoms with van der Waals surface area (Å²) in [7, 11) is 0. The number of hydrogen-bond acceptors (Lipinski definition) is 3. The van der Waals surface area contributed by atoms with Gasteiger partial charge in [0.1, 0.15) is 5.54 Å². The highest BCUT2D eigenvalue weighted by Gasteiger charge is 2.65. The lowest BCUT2D eigenvalue weighted by molar-refractivity contribution is -0.137. The number of H-pyrrole nitrogens is 1. The summed E-state index contributed by atoms with van der Waals surface area (Å²) in [6.07, 6.45) is 3.08. The summed E-state index contributed by atoms with van der Waals surface area (Å²) in [6.45, 7) is 4.51. The van der Waals surface area contributed by atoms with E-state index in [1.54, 1.807) is 0 Å². The molecule has 6 heteroatoms. The first-order chi connectivity index (χ1) is 12.6. The van der Waals surface area contributed by atoms with E-state index in [1.165, 1.54) is 0 Å². The zero-order valence-corrected chi connectivity index (χ0v) is 15.7. The quantitative estimate of drug-likeness (QED) is 0.901. The number of rotatable bonds is 3. The van der Waals surface area contributed by atoms with Gasteiger partial charge in [-0.15, -0.1) is 0 Å². The molecule has 3 saturated heterocycles. The molecule has 1 amide bonds. The highest BCUT2D eigenvalue weighted by molar-refractivity contribution is 6.30. The molecule has 0 radical (unpaired) electrons. The molecule has 1 aromatic carbocycles. The SMILES string of the molecule is Cc1cc([C@@H]2C[C@H]3CN(Cc4cccc(Cl)c4)C(=O)[C@]34CCCN24)n[nH]1. The minimum absolute atomic E-state index is 0.268. The maximum atomic E-state index is 13.5. The van der Waals surface area contributed by atoms with Gasteiger partial charge in [0.05, 0.1) is 11.7 Å². The van der Waals surface area contributed by atoms with Gasteiger partial charge in [-0.1, -0.05) is 23.7 Å². The van der Waals surface area contributed by atoms with E-state index in [1.807, 2.05) is 36.1 Å². The Morgan fingerprint density at radius 2 is 2.27 bits per heavy atom. The molecule has 3 atom stereocenters. The first-order valence-electron chi connectivity index (χ1n) is 9.40. The van der Waals surface area contributed by atoms with Gasteiger partial charge in [-0.3, -0.25) is 14.8 Å². The molecular weight excluding hydrogens is 348 g/mol. The number of carbonyl (C=O) groups is 1. The van der Waals surface area contributed by atoms with Crippen molar-refractivity contribution in [2.75, 3.05) is 13.1 Å². The second-order valence-electron chi connectivity index (χ2n) is 7.96. The lowest BCUT2D eigenvalue weighted by atomic mass is 9.85. The predicted molar refractivity (Wildman–Crippen MR) is 99.7 cm³/mol. The Hall–Kier alpha value is -1.85. The normalized spacial score (nSPS) is 30.8. The Morgan fingerprint density at radius 3 is 3.04 bits per heavy atom. The Balaban J connectivity index is 1.42. The fourth-order valence-electron chi connectivity index (χ4n) is 5.46. The van der Waals surface area contributed by atoms with E-state index < -0.39 is 0 Å².